The van der Waals surface area contributed by atoms with Crippen molar-refractivity contribution in [2.45, 2.75) is 96.0 Å². The highest BCUT2D eigenvalue weighted by atomic mass is 35.5. The molecule has 4 fully saturated rings. The molecule has 2 heteroatoms. The second kappa shape index (κ2) is 5.37. The van der Waals surface area contributed by atoms with E-state index in [0.717, 1.165) is 31.1 Å². The smallest absolute Gasteiger partial charge is 0.0701 e. The van der Waals surface area contributed by atoms with Crippen LogP contribution in [0.5, 0.6) is 0 Å². The molecule has 1 nitrogen and oxygen atoms in total. The highest BCUT2D eigenvalue weighted by Crippen LogP contribution is 2.69. The zero-order chi connectivity index (χ0) is 16.5. The van der Waals surface area contributed by atoms with E-state index in [1.54, 1.807) is 0 Å². The fourth-order valence-corrected chi connectivity index (χ4v) is 8.82. The Hall–Kier alpha value is 0.250. The first-order chi connectivity index (χ1) is 10.9. The molecule has 4 aliphatic carbocycles. The average molecular weight is 339 g/mol. The van der Waals surface area contributed by atoms with Gasteiger partial charge < -0.3 is 5.11 Å². The van der Waals surface area contributed by atoms with Gasteiger partial charge in [-0.15, -0.1) is 11.6 Å². The molecule has 0 bridgehead atoms. The van der Waals surface area contributed by atoms with Crippen LogP contribution in [-0.4, -0.2) is 16.1 Å². The highest BCUT2D eigenvalue weighted by molar-refractivity contribution is 6.21. The maximum absolute atomic E-state index is 11.3. The quantitative estimate of drug-likeness (QED) is 0.601. The van der Waals surface area contributed by atoms with E-state index < -0.39 is 5.60 Å². The molecule has 0 radical (unpaired) electrons. The van der Waals surface area contributed by atoms with Crippen LogP contribution in [-0.2, 0) is 0 Å². The third-order valence-corrected chi connectivity index (χ3v) is 9.81. The number of fused-ring (bicyclic) bond motifs is 5. The van der Waals surface area contributed by atoms with E-state index in [1.165, 1.54) is 44.9 Å². The van der Waals surface area contributed by atoms with Crippen molar-refractivity contribution in [1.82, 2.24) is 0 Å². The van der Waals surface area contributed by atoms with E-state index in [9.17, 15) is 5.11 Å². The van der Waals surface area contributed by atoms with Crippen LogP contribution in [0.15, 0.2) is 0 Å². The number of hydrogen-bond acceptors (Lipinski definition) is 1. The summed E-state index contributed by atoms with van der Waals surface area (Å²) in [6.45, 7) is 7.12. The second-order valence-electron chi connectivity index (χ2n) is 9.88. The van der Waals surface area contributed by atoms with Crippen molar-refractivity contribution < 1.29 is 5.11 Å². The lowest BCUT2D eigenvalue weighted by Crippen LogP contribution is -2.59. The third kappa shape index (κ3) is 2.08. The molecule has 4 aliphatic rings. The molecule has 0 aromatic rings. The fraction of sp³-hybridized carbons (Fsp3) is 1.00. The summed E-state index contributed by atoms with van der Waals surface area (Å²) in [7, 11) is 0. The largest absolute Gasteiger partial charge is 0.389 e. The lowest BCUT2D eigenvalue weighted by atomic mass is 9.44. The summed E-state index contributed by atoms with van der Waals surface area (Å²) in [6, 6.07) is 0. The van der Waals surface area contributed by atoms with Crippen molar-refractivity contribution >= 4 is 11.6 Å². The minimum atomic E-state index is -0.472. The van der Waals surface area contributed by atoms with E-state index in [0.29, 0.717) is 17.3 Å². The van der Waals surface area contributed by atoms with Crippen LogP contribution in [0.25, 0.3) is 0 Å². The van der Waals surface area contributed by atoms with Crippen molar-refractivity contribution in [2.75, 3.05) is 0 Å². The van der Waals surface area contributed by atoms with E-state index in [4.69, 9.17) is 11.6 Å². The van der Waals surface area contributed by atoms with Gasteiger partial charge in [0, 0.05) is 10.8 Å². The number of halogens is 1. The Balaban J connectivity index is 1.70. The van der Waals surface area contributed by atoms with Gasteiger partial charge >= 0.3 is 0 Å². The molecule has 8 atom stereocenters. The molecule has 1 N–H and O–H groups in total. The van der Waals surface area contributed by atoms with Crippen LogP contribution in [0, 0.1) is 34.5 Å². The van der Waals surface area contributed by atoms with Crippen LogP contribution >= 0.6 is 11.6 Å². The summed E-state index contributed by atoms with van der Waals surface area (Å²) < 4.78 is 0. The predicted octanol–water partition coefficient (Wildman–Crippen LogP) is 5.78. The molecule has 0 amide bonds. The van der Waals surface area contributed by atoms with Gasteiger partial charge in [0.1, 0.15) is 0 Å². The molecule has 0 aromatic heterocycles. The van der Waals surface area contributed by atoms with Gasteiger partial charge in [0.25, 0.3) is 0 Å². The van der Waals surface area contributed by atoms with Gasteiger partial charge in [0.2, 0.25) is 0 Å². The standard InChI is InChI=1S/C21H35ClO/c1-4-21(23)12-10-16-15-9-8-14-7-5-6-11-19(14,2)18(15)17(22)13-20(16,21)3/h14-18,23H,4-13H2,1-3H3/t14?,15-,16-,17?,18+,19-,20-,21+/m0/s1. The van der Waals surface area contributed by atoms with Crippen LogP contribution < -0.4 is 0 Å². The first-order valence-electron chi connectivity index (χ1n) is 10.2. The Bertz CT molecular complexity index is 478. The van der Waals surface area contributed by atoms with Crippen LogP contribution in [0.3, 0.4) is 0 Å². The van der Waals surface area contributed by atoms with Crippen LogP contribution in [0.1, 0.15) is 85.0 Å². The molecule has 23 heavy (non-hydrogen) atoms. The van der Waals surface area contributed by atoms with Gasteiger partial charge in [-0.1, -0.05) is 33.6 Å². The first-order valence-corrected chi connectivity index (χ1v) is 10.7. The molecule has 0 aliphatic heterocycles. The number of hydrogen-bond donors (Lipinski definition) is 1. The summed E-state index contributed by atoms with van der Waals surface area (Å²) in [5, 5.41) is 11.6. The average Bonchev–Trinajstić information content (AvgIpc) is 2.78. The third-order valence-electron chi connectivity index (χ3n) is 9.38. The van der Waals surface area contributed by atoms with E-state index in [2.05, 4.69) is 20.8 Å². The summed E-state index contributed by atoms with van der Waals surface area (Å²) >= 11 is 7.13. The monoisotopic (exact) mass is 338 g/mol. The fourth-order valence-electron chi connectivity index (χ4n) is 8.02. The summed E-state index contributed by atoms with van der Waals surface area (Å²) in [6.07, 6.45) is 12.6. The molecule has 0 heterocycles. The summed E-state index contributed by atoms with van der Waals surface area (Å²) in [5.41, 5.74) is 0.0507. The van der Waals surface area contributed by atoms with Crippen molar-refractivity contribution in [3.63, 3.8) is 0 Å². The molecule has 0 saturated heterocycles. The van der Waals surface area contributed by atoms with E-state index in [-0.39, 0.29) is 10.8 Å². The zero-order valence-corrected chi connectivity index (χ0v) is 16.0. The van der Waals surface area contributed by atoms with Crippen LogP contribution in [0.4, 0.5) is 0 Å². The van der Waals surface area contributed by atoms with Crippen molar-refractivity contribution in [3.8, 4) is 0 Å². The Morgan fingerprint density at radius 3 is 2.57 bits per heavy atom. The van der Waals surface area contributed by atoms with Crippen LogP contribution in [0.2, 0.25) is 0 Å². The molecular formula is C21H35ClO. The zero-order valence-electron chi connectivity index (χ0n) is 15.3. The Morgan fingerprint density at radius 2 is 1.83 bits per heavy atom. The van der Waals surface area contributed by atoms with Gasteiger partial charge in [0.15, 0.2) is 0 Å². The molecule has 4 saturated carbocycles. The Morgan fingerprint density at radius 1 is 1.04 bits per heavy atom. The minimum absolute atomic E-state index is 0.0488. The maximum atomic E-state index is 11.3. The maximum Gasteiger partial charge on any atom is 0.0701 e. The molecule has 0 aromatic carbocycles. The van der Waals surface area contributed by atoms with Gasteiger partial charge in [-0.25, -0.2) is 0 Å². The summed E-state index contributed by atoms with van der Waals surface area (Å²) in [4.78, 5) is 0. The lowest BCUT2D eigenvalue weighted by molar-refractivity contribution is -0.149. The van der Waals surface area contributed by atoms with Crippen molar-refractivity contribution in [1.29, 1.82) is 0 Å². The predicted molar refractivity (Wildman–Crippen MR) is 96.6 cm³/mol. The molecular weight excluding hydrogens is 304 g/mol. The summed E-state index contributed by atoms with van der Waals surface area (Å²) in [5.74, 6) is 3.07. The topological polar surface area (TPSA) is 20.2 Å². The lowest BCUT2D eigenvalue weighted by Gasteiger charge is -2.62. The van der Waals surface area contributed by atoms with Gasteiger partial charge in [-0.2, -0.15) is 0 Å². The Kier molecular flexibility index (Phi) is 3.90. The highest BCUT2D eigenvalue weighted by Gasteiger charge is 2.65. The molecule has 132 valence electrons. The normalized spacial score (nSPS) is 59.1. The number of rotatable bonds is 1. The van der Waals surface area contributed by atoms with E-state index in [1.807, 2.05) is 0 Å². The van der Waals surface area contributed by atoms with E-state index >= 15 is 0 Å². The SMILES string of the molecule is CC[C@@]1(O)CC[C@H]2[C@@H]3CCC4CCCC[C@]4(C)[C@H]3C(Cl)C[C@@]21C. The minimum Gasteiger partial charge on any atom is -0.389 e. The molecule has 4 rings (SSSR count). The van der Waals surface area contributed by atoms with Crippen molar-refractivity contribution in [3.05, 3.63) is 0 Å². The first kappa shape index (κ1) is 16.7. The molecule has 0 spiro atoms. The Labute approximate surface area is 147 Å². The second-order valence-corrected chi connectivity index (χ2v) is 10.4. The van der Waals surface area contributed by atoms with Gasteiger partial charge in [0.05, 0.1) is 5.60 Å². The number of alkyl halides is 1. The van der Waals surface area contributed by atoms with Gasteiger partial charge in [-0.05, 0) is 80.5 Å². The van der Waals surface area contributed by atoms with Gasteiger partial charge in [-0.3, -0.25) is 0 Å². The van der Waals surface area contributed by atoms with Crippen molar-refractivity contribution in [2.24, 2.45) is 34.5 Å². The molecule has 2 unspecified atom stereocenters. The number of aliphatic hydroxyl groups is 1.